The van der Waals surface area contributed by atoms with Crippen molar-refractivity contribution in [1.29, 1.82) is 0 Å². The van der Waals surface area contributed by atoms with E-state index in [1.165, 1.54) is 32.7 Å². The van der Waals surface area contributed by atoms with Gasteiger partial charge in [-0.1, -0.05) is 55.4 Å². The van der Waals surface area contributed by atoms with Crippen LogP contribution in [0.4, 0.5) is 0 Å². The summed E-state index contributed by atoms with van der Waals surface area (Å²) in [5.41, 5.74) is 4.56. The van der Waals surface area contributed by atoms with Crippen LogP contribution in [0.3, 0.4) is 0 Å². The Hall–Kier alpha value is -2.31. The first kappa shape index (κ1) is 42.4. The number of benzene rings is 3. The SMILES string of the molecule is CC(C)C(C(=O)/C=C(\O)C(C(C)C)C(C)C)C(C)C.[2H]c1cc2c(sc3c(C)[c]([Ge]([CH3])([CH3])[CH3])ccc32)c(-c2[c-]c3ccccc3c(C(C)(C)C)c2)n1.[Ir]. The predicted octanol–water partition coefficient (Wildman–Crippen LogP) is 13.1. The fourth-order valence-electron chi connectivity index (χ4n) is 8.04. The molecule has 5 rings (SSSR count). The summed E-state index contributed by atoms with van der Waals surface area (Å²) in [7, 11) is 0. The maximum Gasteiger partial charge on any atom is 0 e. The average Bonchev–Trinajstić information content (AvgIpc) is 3.38. The Labute approximate surface area is 336 Å². The zero-order valence-electron chi connectivity index (χ0n) is 35.2. The molecule has 0 atom stereocenters. The van der Waals surface area contributed by atoms with Gasteiger partial charge < -0.3 is 5.11 Å². The molecule has 0 spiro atoms. The monoisotopic (exact) mass is 960 g/mol. The largest absolute Gasteiger partial charge is 0 e. The molecule has 0 amide bonds. The summed E-state index contributed by atoms with van der Waals surface area (Å²) in [4.78, 5) is 17.1. The van der Waals surface area contributed by atoms with E-state index < -0.39 is 13.3 Å². The Kier molecular flexibility index (Phi) is 14.2. The first-order valence-electron chi connectivity index (χ1n) is 19.3. The van der Waals surface area contributed by atoms with Crippen molar-refractivity contribution in [1.82, 2.24) is 4.98 Å². The second kappa shape index (κ2) is 17.4. The number of pyridine rings is 1. The second-order valence-electron chi connectivity index (χ2n) is 17.8. The van der Waals surface area contributed by atoms with Crippen LogP contribution in [0.15, 0.2) is 66.5 Å². The molecule has 2 heterocycles. The molecule has 1 radical (unpaired) electrons. The molecule has 6 heteroatoms. The molecule has 283 valence electrons. The molecule has 0 aliphatic carbocycles. The summed E-state index contributed by atoms with van der Waals surface area (Å²) >= 11 is -0.148. The first-order valence-corrected chi connectivity index (χ1v) is 26.9. The Morgan fingerprint density at radius 2 is 1.40 bits per heavy atom. The van der Waals surface area contributed by atoms with Crippen LogP contribution >= 0.6 is 11.3 Å². The van der Waals surface area contributed by atoms with E-state index in [0.717, 1.165) is 26.7 Å². The predicted molar refractivity (Wildman–Crippen MR) is 227 cm³/mol. The van der Waals surface area contributed by atoms with Crippen LogP contribution in [0.2, 0.25) is 17.3 Å². The number of aliphatic hydroxyl groups excluding tert-OH is 1. The van der Waals surface area contributed by atoms with E-state index in [2.05, 4.69) is 149 Å². The molecule has 0 unspecified atom stereocenters. The summed E-state index contributed by atoms with van der Waals surface area (Å²) in [6.45, 7) is 25.6. The van der Waals surface area contributed by atoms with Crippen molar-refractivity contribution < 1.29 is 31.4 Å². The third kappa shape index (κ3) is 9.67. The fraction of sp³-hybridized carbons (Fsp3) is 0.478. The van der Waals surface area contributed by atoms with Crippen molar-refractivity contribution in [3.05, 3.63) is 83.7 Å². The maximum atomic E-state index is 12.3. The molecule has 5 aromatic rings. The number of ketones is 1. The molecule has 0 saturated heterocycles. The summed E-state index contributed by atoms with van der Waals surface area (Å²) in [6, 6.07) is 20.9. The van der Waals surface area contributed by atoms with Gasteiger partial charge in [-0.3, -0.25) is 4.79 Å². The summed E-state index contributed by atoms with van der Waals surface area (Å²) in [5.74, 6) is 8.99. The van der Waals surface area contributed by atoms with E-state index in [1.54, 1.807) is 4.40 Å². The number of hydrogen-bond acceptors (Lipinski definition) is 4. The van der Waals surface area contributed by atoms with E-state index in [9.17, 15) is 9.90 Å². The van der Waals surface area contributed by atoms with Crippen molar-refractivity contribution >= 4 is 65.7 Å². The molecule has 0 fully saturated rings. The summed E-state index contributed by atoms with van der Waals surface area (Å²) < 4.78 is 12.6. The van der Waals surface area contributed by atoms with Gasteiger partial charge in [0.2, 0.25) is 0 Å². The zero-order chi connectivity index (χ0) is 39.0. The van der Waals surface area contributed by atoms with E-state index in [1.807, 2.05) is 17.4 Å². The fourth-order valence-corrected chi connectivity index (χ4v) is 13.4. The number of aliphatic hydroxyl groups is 1. The van der Waals surface area contributed by atoms with E-state index in [4.69, 9.17) is 6.35 Å². The van der Waals surface area contributed by atoms with Crippen molar-refractivity contribution in [3.8, 4) is 11.3 Å². The molecule has 52 heavy (non-hydrogen) atoms. The van der Waals surface area contributed by atoms with Crippen molar-refractivity contribution in [2.75, 3.05) is 0 Å². The summed E-state index contributed by atoms with van der Waals surface area (Å²) in [5, 5.41) is 15.0. The van der Waals surface area contributed by atoms with Gasteiger partial charge in [0.15, 0.2) is 5.78 Å². The smallest absolute Gasteiger partial charge is 0 e. The molecule has 0 bridgehead atoms. The standard InChI is InChI=1S/C29H30GeNS.C17H32O2.Ir/c1-18-25(30(5,6)7)13-12-22-23-14-15-31-26(28(23)32-27(18)22)20-16-19-10-8-9-11-21(19)24(17-20)29(2,3)4;1-10(2)16(11(3)4)14(18)9-15(19)17(12(5)6)13(7)8;/h8-15,17H,1-7H3;9-13,16-18H,1-8H3;/q-1;;/b;14-9-;/i15D;;. The molecule has 2 aromatic heterocycles. The second-order valence-corrected chi connectivity index (χ2v) is 29.4. The van der Waals surface area contributed by atoms with Crippen LogP contribution in [-0.2, 0) is 30.3 Å². The molecule has 1 N–H and O–H groups in total. The third-order valence-electron chi connectivity index (χ3n) is 10.2. The molecule has 3 nitrogen and oxygen atoms in total. The van der Waals surface area contributed by atoms with Gasteiger partial charge in [0, 0.05) is 38.0 Å². The van der Waals surface area contributed by atoms with Gasteiger partial charge in [-0.05, 0) is 23.7 Å². The quantitative estimate of drug-likeness (QED) is 0.0693. The van der Waals surface area contributed by atoms with E-state index >= 15 is 0 Å². The first-order chi connectivity index (χ1) is 24.0. The van der Waals surface area contributed by atoms with Crippen LogP contribution in [-0.4, -0.2) is 29.1 Å². The topological polar surface area (TPSA) is 50.2 Å². The summed E-state index contributed by atoms with van der Waals surface area (Å²) in [6.07, 6.45) is 1.79. The Bertz CT molecular complexity index is 2080. The molecular weight excluding hydrogens is 895 g/mol. The Morgan fingerprint density at radius 3 is 1.94 bits per heavy atom. The number of nitrogens with zero attached hydrogens (tertiary/aromatic N) is 1. The van der Waals surface area contributed by atoms with Gasteiger partial charge in [-0.2, -0.15) is 0 Å². The van der Waals surface area contributed by atoms with Crippen LogP contribution in [0, 0.1) is 48.5 Å². The van der Waals surface area contributed by atoms with Crippen molar-refractivity contribution in [3.63, 3.8) is 0 Å². The van der Waals surface area contributed by atoms with Gasteiger partial charge in [-0.25, -0.2) is 0 Å². The molecule has 0 aliphatic heterocycles. The minimum atomic E-state index is -1.98. The van der Waals surface area contributed by atoms with Crippen molar-refractivity contribution in [2.24, 2.45) is 35.5 Å². The molecule has 0 saturated carbocycles. The van der Waals surface area contributed by atoms with E-state index in [-0.39, 0.29) is 48.9 Å². The van der Waals surface area contributed by atoms with Gasteiger partial charge in [0.25, 0.3) is 0 Å². The molecular formula is C46H62GeIrNO2S-. The number of allylic oxidation sites excluding steroid dienone is 2. The van der Waals surface area contributed by atoms with E-state index in [0.29, 0.717) is 29.8 Å². The van der Waals surface area contributed by atoms with Crippen LogP contribution < -0.4 is 4.40 Å². The number of fused-ring (bicyclic) bond motifs is 4. The Balaban J connectivity index is 0.000000327. The third-order valence-corrected chi connectivity index (χ3v) is 16.1. The van der Waals surface area contributed by atoms with Gasteiger partial charge >= 0.3 is 200 Å². The minimum Gasteiger partial charge on any atom is 0 e. The number of hydrogen-bond donors (Lipinski definition) is 1. The van der Waals surface area contributed by atoms with Crippen molar-refractivity contribution in [2.45, 2.75) is 106 Å². The number of carbonyl (C=O) groups excluding carboxylic acids is 1. The minimum absolute atomic E-state index is 0. The van der Waals surface area contributed by atoms with Gasteiger partial charge in [0.05, 0.1) is 5.76 Å². The maximum absolute atomic E-state index is 12.3. The number of aryl methyl sites for hydroxylation is 1. The normalized spacial score (nSPS) is 13.2. The van der Waals surface area contributed by atoms with Gasteiger partial charge in [-0.15, -0.1) is 0 Å². The number of aromatic nitrogens is 1. The zero-order valence-corrected chi connectivity index (χ0v) is 39.5. The Morgan fingerprint density at radius 1 is 0.846 bits per heavy atom. The molecule has 0 aliphatic rings. The average molecular weight is 959 g/mol. The number of rotatable bonds is 9. The molecule has 3 aromatic carbocycles. The number of carbonyl (C=O) groups is 1. The van der Waals surface area contributed by atoms with Crippen LogP contribution in [0.1, 0.15) is 88.7 Å². The van der Waals surface area contributed by atoms with Crippen LogP contribution in [0.25, 0.3) is 42.2 Å². The van der Waals surface area contributed by atoms with Gasteiger partial charge in [0.1, 0.15) is 0 Å². The number of thiophene rings is 1. The van der Waals surface area contributed by atoms with Crippen LogP contribution in [0.5, 0.6) is 0 Å².